The zero-order valence-electron chi connectivity index (χ0n) is 5.88. The van der Waals surface area contributed by atoms with Gasteiger partial charge < -0.3 is 0 Å². The van der Waals surface area contributed by atoms with Gasteiger partial charge in [-0.2, -0.15) is 0 Å². The standard InChI is InChI=1S/C6H5BClFN2/c1-3(7)5-4(9)6(8)11-2-10-5/h2-3H,1H3. The van der Waals surface area contributed by atoms with Crippen LogP contribution in [0.4, 0.5) is 4.39 Å². The predicted molar refractivity (Wildman–Crippen MR) is 41.2 cm³/mol. The van der Waals surface area contributed by atoms with Gasteiger partial charge in [0.05, 0.1) is 13.5 Å². The normalized spacial score (nSPS) is 13.0. The van der Waals surface area contributed by atoms with Crippen molar-refractivity contribution in [2.45, 2.75) is 12.7 Å². The maximum Gasteiger partial charge on any atom is 0.181 e. The van der Waals surface area contributed by atoms with Gasteiger partial charge in [-0.3, -0.25) is 0 Å². The molecule has 0 aromatic carbocycles. The maximum absolute atomic E-state index is 12.9. The lowest BCUT2D eigenvalue weighted by molar-refractivity contribution is 0.591. The fourth-order valence-corrected chi connectivity index (χ4v) is 0.819. The number of halogens is 2. The van der Waals surface area contributed by atoms with Crippen molar-refractivity contribution >= 4 is 19.4 Å². The van der Waals surface area contributed by atoms with Crippen LogP contribution in [0.2, 0.25) is 5.15 Å². The molecule has 0 aliphatic rings. The molecule has 5 heteroatoms. The van der Waals surface area contributed by atoms with E-state index in [0.29, 0.717) is 0 Å². The molecule has 11 heavy (non-hydrogen) atoms. The number of rotatable bonds is 1. The van der Waals surface area contributed by atoms with Crippen molar-refractivity contribution in [1.29, 1.82) is 0 Å². The molecule has 0 spiro atoms. The molecule has 1 aromatic heterocycles. The number of nitrogens with zero attached hydrogens (tertiary/aromatic N) is 2. The molecule has 56 valence electrons. The van der Waals surface area contributed by atoms with E-state index in [1.165, 1.54) is 6.33 Å². The monoisotopic (exact) mass is 170 g/mol. The fourth-order valence-electron chi connectivity index (χ4n) is 0.678. The molecule has 1 heterocycles. The summed E-state index contributed by atoms with van der Waals surface area (Å²) in [7, 11) is 5.39. The molecule has 0 aliphatic carbocycles. The highest BCUT2D eigenvalue weighted by Gasteiger charge is 2.11. The smallest absolute Gasteiger partial charge is 0.181 e. The van der Waals surface area contributed by atoms with Crippen LogP contribution in [0.1, 0.15) is 18.4 Å². The van der Waals surface area contributed by atoms with Crippen LogP contribution in [0.5, 0.6) is 0 Å². The van der Waals surface area contributed by atoms with E-state index in [-0.39, 0.29) is 10.8 Å². The Morgan fingerprint density at radius 3 is 2.73 bits per heavy atom. The Morgan fingerprint density at radius 2 is 2.27 bits per heavy atom. The molecule has 1 aromatic rings. The Bertz CT molecular complexity index is 267. The molecule has 1 rings (SSSR count). The van der Waals surface area contributed by atoms with Crippen LogP contribution in [0.15, 0.2) is 6.33 Å². The Hall–Kier alpha value is -0.635. The van der Waals surface area contributed by atoms with Crippen molar-refractivity contribution in [3.63, 3.8) is 0 Å². The third-order valence-corrected chi connectivity index (χ3v) is 1.47. The second-order valence-corrected chi connectivity index (χ2v) is 2.51. The van der Waals surface area contributed by atoms with Gasteiger partial charge in [0.2, 0.25) is 0 Å². The highest BCUT2D eigenvalue weighted by Crippen LogP contribution is 2.17. The van der Waals surface area contributed by atoms with Crippen molar-refractivity contribution in [2.75, 3.05) is 0 Å². The van der Waals surface area contributed by atoms with Gasteiger partial charge in [-0.25, -0.2) is 14.4 Å². The Morgan fingerprint density at radius 1 is 1.64 bits per heavy atom. The van der Waals surface area contributed by atoms with E-state index in [9.17, 15) is 4.39 Å². The quantitative estimate of drug-likeness (QED) is 0.471. The van der Waals surface area contributed by atoms with Gasteiger partial charge in [-0.05, 0) is 5.82 Å². The molecule has 0 N–H and O–H groups in total. The lowest BCUT2D eigenvalue weighted by atomic mass is 9.86. The molecule has 1 atom stereocenters. The van der Waals surface area contributed by atoms with E-state index in [2.05, 4.69) is 9.97 Å². The van der Waals surface area contributed by atoms with Gasteiger partial charge in [0.1, 0.15) is 6.33 Å². The van der Waals surface area contributed by atoms with Gasteiger partial charge in [0, 0.05) is 0 Å². The fraction of sp³-hybridized carbons (Fsp3) is 0.333. The van der Waals surface area contributed by atoms with Crippen molar-refractivity contribution in [3.8, 4) is 0 Å². The molecular formula is C6H5BClFN2. The van der Waals surface area contributed by atoms with Crippen molar-refractivity contribution < 1.29 is 4.39 Å². The van der Waals surface area contributed by atoms with Crippen LogP contribution >= 0.6 is 11.6 Å². The van der Waals surface area contributed by atoms with Gasteiger partial charge >= 0.3 is 0 Å². The second-order valence-electron chi connectivity index (χ2n) is 2.15. The van der Waals surface area contributed by atoms with Gasteiger partial charge in [-0.15, -0.1) is 0 Å². The third-order valence-electron chi connectivity index (χ3n) is 1.21. The largest absolute Gasteiger partial charge is 0.239 e. The highest BCUT2D eigenvalue weighted by molar-refractivity contribution is 6.29. The second kappa shape index (κ2) is 3.18. The summed E-state index contributed by atoms with van der Waals surface area (Å²) in [4.78, 5) is 7.09. The van der Waals surface area contributed by atoms with Crippen LogP contribution in [0.3, 0.4) is 0 Å². The first kappa shape index (κ1) is 8.46. The molecule has 0 saturated carbocycles. The third kappa shape index (κ3) is 1.68. The minimum Gasteiger partial charge on any atom is -0.239 e. The first-order valence-electron chi connectivity index (χ1n) is 3.04. The van der Waals surface area contributed by atoms with Gasteiger partial charge in [0.15, 0.2) is 11.0 Å². The average molecular weight is 170 g/mol. The molecule has 0 fully saturated rings. The van der Waals surface area contributed by atoms with Crippen LogP contribution in [0, 0.1) is 5.82 Å². The van der Waals surface area contributed by atoms with Crippen LogP contribution in [-0.4, -0.2) is 17.8 Å². The molecule has 0 amide bonds. The molecule has 1 unspecified atom stereocenters. The Balaban J connectivity index is 3.17. The summed E-state index contributed by atoms with van der Waals surface area (Å²) in [5.74, 6) is -1.10. The highest BCUT2D eigenvalue weighted by atomic mass is 35.5. The first-order valence-corrected chi connectivity index (χ1v) is 3.42. The summed E-state index contributed by atoms with van der Waals surface area (Å²) in [6.07, 6.45) is 1.18. The topological polar surface area (TPSA) is 25.8 Å². The predicted octanol–water partition coefficient (Wildman–Crippen LogP) is 1.50. The van der Waals surface area contributed by atoms with Crippen LogP contribution in [-0.2, 0) is 0 Å². The average Bonchev–Trinajstić information content (AvgIpc) is 1.94. The summed E-state index contributed by atoms with van der Waals surface area (Å²) < 4.78 is 12.9. The molecule has 2 radical (unpaired) electrons. The lowest BCUT2D eigenvalue weighted by Crippen LogP contribution is -2.01. The van der Waals surface area contributed by atoms with E-state index in [0.717, 1.165) is 0 Å². The first-order chi connectivity index (χ1) is 5.13. The SMILES string of the molecule is [B]C(C)c1ncnc(Cl)c1F. The van der Waals surface area contributed by atoms with Crippen molar-refractivity contribution in [3.05, 3.63) is 23.0 Å². The molecule has 0 bridgehead atoms. The minimum absolute atomic E-state index is 0.144. The van der Waals surface area contributed by atoms with Gasteiger partial charge in [-0.1, -0.05) is 18.5 Å². The number of aromatic nitrogens is 2. The summed E-state index contributed by atoms with van der Waals surface area (Å²) in [5.41, 5.74) is 0.144. The number of hydrogen-bond acceptors (Lipinski definition) is 2. The van der Waals surface area contributed by atoms with E-state index in [4.69, 9.17) is 19.4 Å². The van der Waals surface area contributed by atoms with E-state index in [1.807, 2.05) is 0 Å². The Labute approximate surface area is 70.2 Å². The van der Waals surface area contributed by atoms with Crippen molar-refractivity contribution in [2.24, 2.45) is 0 Å². The van der Waals surface area contributed by atoms with E-state index >= 15 is 0 Å². The minimum atomic E-state index is -0.635. The van der Waals surface area contributed by atoms with E-state index in [1.54, 1.807) is 6.92 Å². The summed E-state index contributed by atoms with van der Waals surface area (Å²) in [5, 5.41) is -0.188. The lowest BCUT2D eigenvalue weighted by Gasteiger charge is -2.04. The zero-order valence-corrected chi connectivity index (χ0v) is 6.64. The van der Waals surface area contributed by atoms with Crippen LogP contribution < -0.4 is 0 Å². The number of hydrogen-bond donors (Lipinski definition) is 0. The van der Waals surface area contributed by atoms with Crippen molar-refractivity contribution in [1.82, 2.24) is 9.97 Å². The van der Waals surface area contributed by atoms with E-state index < -0.39 is 11.6 Å². The molecule has 2 nitrogen and oxygen atoms in total. The zero-order chi connectivity index (χ0) is 8.43. The summed E-state index contributed by atoms with van der Waals surface area (Å²) in [6.45, 7) is 1.63. The molecule has 0 saturated heterocycles. The molecular weight excluding hydrogens is 165 g/mol. The van der Waals surface area contributed by atoms with Crippen LogP contribution in [0.25, 0.3) is 0 Å². The maximum atomic E-state index is 12.9. The molecule has 0 aliphatic heterocycles. The van der Waals surface area contributed by atoms with Gasteiger partial charge in [0.25, 0.3) is 0 Å². The Kier molecular flexibility index (Phi) is 2.44. The summed E-state index contributed by atoms with van der Waals surface area (Å²) in [6, 6.07) is 0. The summed E-state index contributed by atoms with van der Waals surface area (Å²) >= 11 is 5.38.